The number of benzene rings is 2. The molecule has 144 valence electrons. The van der Waals surface area contributed by atoms with E-state index in [1.54, 1.807) is 36.5 Å². The van der Waals surface area contributed by atoms with Crippen LogP contribution in [0.3, 0.4) is 0 Å². The van der Waals surface area contributed by atoms with Crippen molar-refractivity contribution in [1.82, 2.24) is 15.0 Å². The highest BCUT2D eigenvalue weighted by Gasteiger charge is 2.19. The van der Waals surface area contributed by atoms with Crippen molar-refractivity contribution in [2.24, 2.45) is 5.73 Å². The summed E-state index contributed by atoms with van der Waals surface area (Å²) in [5.41, 5.74) is 16.5. The van der Waals surface area contributed by atoms with Gasteiger partial charge in [0.2, 0.25) is 11.9 Å². The van der Waals surface area contributed by atoms with Gasteiger partial charge >= 0.3 is 0 Å². The molecule has 0 saturated carbocycles. The summed E-state index contributed by atoms with van der Waals surface area (Å²) in [6.45, 7) is 1.89. The van der Waals surface area contributed by atoms with Gasteiger partial charge in [-0.25, -0.2) is 14.4 Å². The van der Waals surface area contributed by atoms with E-state index < -0.39 is 5.91 Å². The number of primary amides is 1. The molecule has 5 N–H and O–H groups in total. The predicted octanol–water partition coefficient (Wildman–Crippen LogP) is 3.93. The zero-order valence-electron chi connectivity index (χ0n) is 15.6. The van der Waals surface area contributed by atoms with Crippen LogP contribution in [0.1, 0.15) is 15.9 Å². The fourth-order valence-electron chi connectivity index (χ4n) is 3.34. The number of nitrogens with two attached hydrogens (primary N) is 2. The Morgan fingerprint density at radius 1 is 1.03 bits per heavy atom. The third kappa shape index (κ3) is 3.45. The molecule has 0 bridgehead atoms. The number of hydrogen-bond acceptors (Lipinski definition) is 4. The number of H-pyrrole nitrogens is 1. The Labute approximate surface area is 166 Å². The van der Waals surface area contributed by atoms with E-state index in [0.29, 0.717) is 39.3 Å². The molecule has 0 radical (unpaired) electrons. The lowest BCUT2D eigenvalue weighted by Crippen LogP contribution is -2.12. The van der Waals surface area contributed by atoms with Gasteiger partial charge in [0.1, 0.15) is 5.82 Å². The van der Waals surface area contributed by atoms with Crippen LogP contribution in [-0.4, -0.2) is 20.9 Å². The largest absolute Gasteiger partial charge is 0.368 e. The molecule has 7 heteroatoms. The first-order chi connectivity index (χ1) is 13.9. The van der Waals surface area contributed by atoms with Gasteiger partial charge in [0.15, 0.2) is 0 Å². The standard InChI is InChI=1S/C22H18FN5O/c1-12-6-7-13(23)10-16(12)20-17(14-4-2-3-5-15(14)21(24)29)11-19(27-20)18-8-9-26-22(25)28-18/h2-11,27H,1H3,(H2,24,29)(H2,25,26,28). The van der Waals surface area contributed by atoms with Gasteiger partial charge in [-0.2, -0.15) is 0 Å². The number of hydrogen-bond donors (Lipinski definition) is 3. The molecule has 0 aliphatic carbocycles. The van der Waals surface area contributed by atoms with E-state index in [4.69, 9.17) is 11.5 Å². The lowest BCUT2D eigenvalue weighted by atomic mass is 9.95. The van der Waals surface area contributed by atoms with Gasteiger partial charge in [0.05, 0.1) is 17.1 Å². The van der Waals surface area contributed by atoms with Gasteiger partial charge in [-0.3, -0.25) is 4.79 Å². The van der Waals surface area contributed by atoms with Crippen molar-refractivity contribution in [3.05, 3.63) is 77.7 Å². The van der Waals surface area contributed by atoms with Gasteiger partial charge < -0.3 is 16.5 Å². The zero-order chi connectivity index (χ0) is 20.5. The Hall–Kier alpha value is -4.00. The van der Waals surface area contributed by atoms with Crippen molar-refractivity contribution in [2.75, 3.05) is 5.73 Å². The van der Waals surface area contributed by atoms with Crippen LogP contribution >= 0.6 is 0 Å². The molecule has 2 aromatic heterocycles. The molecule has 0 atom stereocenters. The first-order valence-electron chi connectivity index (χ1n) is 8.91. The molecular formula is C22H18FN5O. The van der Waals surface area contributed by atoms with Crippen molar-refractivity contribution in [1.29, 1.82) is 0 Å². The van der Waals surface area contributed by atoms with Crippen LogP contribution < -0.4 is 11.5 Å². The lowest BCUT2D eigenvalue weighted by Gasteiger charge is -2.10. The van der Waals surface area contributed by atoms with Crippen LogP contribution in [0.2, 0.25) is 0 Å². The van der Waals surface area contributed by atoms with Crippen molar-refractivity contribution in [2.45, 2.75) is 6.92 Å². The first kappa shape index (κ1) is 18.4. The molecule has 0 fully saturated rings. The average molecular weight is 387 g/mol. The van der Waals surface area contributed by atoms with Gasteiger partial charge in [0.25, 0.3) is 0 Å². The Kier molecular flexibility index (Phi) is 4.56. The van der Waals surface area contributed by atoms with Crippen molar-refractivity contribution in [3.63, 3.8) is 0 Å². The zero-order valence-corrected chi connectivity index (χ0v) is 15.6. The van der Waals surface area contributed by atoms with Crippen molar-refractivity contribution in [3.8, 4) is 33.8 Å². The van der Waals surface area contributed by atoms with Crippen LogP contribution in [-0.2, 0) is 0 Å². The summed E-state index contributed by atoms with van der Waals surface area (Å²) in [4.78, 5) is 23.5. The van der Waals surface area contributed by atoms with Crippen LogP contribution in [0.5, 0.6) is 0 Å². The number of nitrogen functional groups attached to an aromatic ring is 1. The Morgan fingerprint density at radius 2 is 1.83 bits per heavy atom. The molecule has 0 aliphatic heterocycles. The normalized spacial score (nSPS) is 10.8. The lowest BCUT2D eigenvalue weighted by molar-refractivity contribution is 0.100. The number of halogens is 1. The molecule has 4 aromatic rings. The Morgan fingerprint density at radius 3 is 2.59 bits per heavy atom. The Bertz CT molecular complexity index is 1230. The van der Waals surface area contributed by atoms with E-state index in [-0.39, 0.29) is 11.8 Å². The van der Waals surface area contributed by atoms with E-state index >= 15 is 0 Å². The van der Waals surface area contributed by atoms with Crippen LogP contribution in [0.15, 0.2) is 60.8 Å². The molecule has 0 spiro atoms. The fourth-order valence-corrected chi connectivity index (χ4v) is 3.34. The molecule has 29 heavy (non-hydrogen) atoms. The maximum Gasteiger partial charge on any atom is 0.249 e. The molecule has 6 nitrogen and oxygen atoms in total. The number of aromatic amines is 1. The molecule has 0 unspecified atom stereocenters. The molecule has 1 amide bonds. The number of aryl methyl sites for hydroxylation is 1. The molecule has 4 rings (SSSR count). The predicted molar refractivity (Wildman–Crippen MR) is 110 cm³/mol. The average Bonchev–Trinajstić information content (AvgIpc) is 3.15. The summed E-state index contributed by atoms with van der Waals surface area (Å²) in [6.07, 6.45) is 1.56. The summed E-state index contributed by atoms with van der Waals surface area (Å²) < 4.78 is 14.0. The van der Waals surface area contributed by atoms with Gasteiger partial charge in [-0.05, 0) is 48.4 Å². The molecule has 2 heterocycles. The summed E-state index contributed by atoms with van der Waals surface area (Å²) in [7, 11) is 0. The smallest absolute Gasteiger partial charge is 0.249 e. The van der Waals surface area contributed by atoms with E-state index in [1.807, 2.05) is 19.1 Å². The molecular weight excluding hydrogens is 369 g/mol. The maximum absolute atomic E-state index is 14.0. The van der Waals surface area contributed by atoms with E-state index in [9.17, 15) is 9.18 Å². The number of carbonyl (C=O) groups excluding carboxylic acids is 1. The number of nitrogens with zero attached hydrogens (tertiary/aromatic N) is 2. The SMILES string of the molecule is Cc1ccc(F)cc1-c1[nH]c(-c2ccnc(N)n2)cc1-c1ccccc1C(N)=O. The van der Waals surface area contributed by atoms with Gasteiger partial charge in [-0.1, -0.05) is 24.3 Å². The second-order valence-electron chi connectivity index (χ2n) is 6.64. The van der Waals surface area contributed by atoms with Crippen molar-refractivity contribution < 1.29 is 9.18 Å². The van der Waals surface area contributed by atoms with Crippen LogP contribution in [0.25, 0.3) is 33.8 Å². The summed E-state index contributed by atoms with van der Waals surface area (Å²) >= 11 is 0. The minimum absolute atomic E-state index is 0.139. The highest BCUT2D eigenvalue weighted by Crippen LogP contribution is 2.38. The minimum atomic E-state index is -0.545. The third-order valence-electron chi connectivity index (χ3n) is 4.72. The summed E-state index contributed by atoms with van der Waals surface area (Å²) in [6, 6.07) is 15.2. The van der Waals surface area contributed by atoms with Crippen LogP contribution in [0, 0.1) is 12.7 Å². The first-order valence-corrected chi connectivity index (χ1v) is 8.91. The highest BCUT2D eigenvalue weighted by molar-refractivity contribution is 6.02. The number of carbonyl (C=O) groups is 1. The van der Waals surface area contributed by atoms with Gasteiger partial charge in [0, 0.05) is 22.9 Å². The monoisotopic (exact) mass is 387 g/mol. The quantitative estimate of drug-likeness (QED) is 0.492. The van der Waals surface area contributed by atoms with E-state index in [2.05, 4.69) is 15.0 Å². The number of nitrogens with one attached hydrogen (secondary N) is 1. The number of aromatic nitrogens is 3. The molecule has 0 saturated heterocycles. The van der Waals surface area contributed by atoms with E-state index in [1.165, 1.54) is 12.1 Å². The topological polar surface area (TPSA) is 111 Å². The highest BCUT2D eigenvalue weighted by atomic mass is 19.1. The number of amides is 1. The maximum atomic E-state index is 14.0. The molecule has 0 aliphatic rings. The fraction of sp³-hybridized carbons (Fsp3) is 0.0455. The second kappa shape index (κ2) is 7.20. The van der Waals surface area contributed by atoms with Crippen molar-refractivity contribution >= 4 is 11.9 Å². The van der Waals surface area contributed by atoms with E-state index in [0.717, 1.165) is 5.56 Å². The molecule has 2 aromatic carbocycles. The number of anilines is 1. The third-order valence-corrected chi connectivity index (χ3v) is 4.72. The second-order valence-corrected chi connectivity index (χ2v) is 6.64. The number of rotatable bonds is 4. The summed E-state index contributed by atoms with van der Waals surface area (Å²) in [5.74, 6) is -0.765. The Balaban J connectivity index is 2.01. The summed E-state index contributed by atoms with van der Waals surface area (Å²) in [5, 5.41) is 0. The van der Waals surface area contributed by atoms with Gasteiger partial charge in [-0.15, -0.1) is 0 Å². The minimum Gasteiger partial charge on any atom is -0.368 e. The van der Waals surface area contributed by atoms with Crippen LogP contribution in [0.4, 0.5) is 10.3 Å².